The quantitative estimate of drug-likeness (QED) is 0.716. The lowest BCUT2D eigenvalue weighted by molar-refractivity contribution is -0.105. The summed E-state index contributed by atoms with van der Waals surface area (Å²) in [7, 11) is 0. The summed E-state index contributed by atoms with van der Waals surface area (Å²) in [6.07, 6.45) is 0.822. The van der Waals surface area contributed by atoms with Crippen molar-refractivity contribution in [2.24, 2.45) is 0 Å². The summed E-state index contributed by atoms with van der Waals surface area (Å²) >= 11 is 0. The lowest BCUT2D eigenvalue weighted by Gasteiger charge is -2.11. The molecule has 1 aliphatic heterocycles. The number of carbonyl (C=O) groups excluding carboxylic acids is 1. The molecule has 106 valence electrons. The number of anilines is 1. The highest BCUT2D eigenvalue weighted by molar-refractivity contribution is 5.71. The molecule has 1 saturated heterocycles. The average molecular weight is 265 g/mol. The zero-order valence-electron chi connectivity index (χ0n) is 11.6. The van der Waals surface area contributed by atoms with Crippen LogP contribution < -0.4 is 20.7 Å². The molecule has 0 atom stereocenters. The van der Waals surface area contributed by atoms with E-state index in [0.29, 0.717) is 6.41 Å². The molecule has 19 heavy (non-hydrogen) atoms. The summed E-state index contributed by atoms with van der Waals surface area (Å²) in [5, 5.41) is 9.00. The number of amides is 1. The molecule has 5 nitrogen and oxygen atoms in total. The number of nitrogens with one attached hydrogen (secondary N) is 3. The third kappa shape index (κ3) is 7.43. The summed E-state index contributed by atoms with van der Waals surface area (Å²) in [6, 6.07) is 7.25. The predicted molar refractivity (Wildman–Crippen MR) is 77.6 cm³/mol. The minimum atomic E-state index is 0.171. The summed E-state index contributed by atoms with van der Waals surface area (Å²) < 4.78 is 5.43. The Morgan fingerprint density at radius 2 is 1.63 bits per heavy atom. The van der Waals surface area contributed by atoms with Gasteiger partial charge in [-0.3, -0.25) is 4.79 Å². The fourth-order valence-corrected chi connectivity index (χ4v) is 1.57. The van der Waals surface area contributed by atoms with Crippen molar-refractivity contribution in [2.75, 3.05) is 31.5 Å². The average Bonchev–Trinajstić information content (AvgIpc) is 2.43. The van der Waals surface area contributed by atoms with Crippen molar-refractivity contribution in [2.45, 2.75) is 20.0 Å². The van der Waals surface area contributed by atoms with Crippen LogP contribution in [0.15, 0.2) is 24.3 Å². The van der Waals surface area contributed by atoms with E-state index < -0.39 is 0 Å². The molecule has 0 radical (unpaired) electrons. The van der Waals surface area contributed by atoms with E-state index in [9.17, 15) is 4.79 Å². The molecule has 1 heterocycles. The van der Waals surface area contributed by atoms with Crippen molar-refractivity contribution in [1.29, 1.82) is 0 Å². The Kier molecular flexibility index (Phi) is 7.62. The Morgan fingerprint density at radius 1 is 1.11 bits per heavy atom. The van der Waals surface area contributed by atoms with Crippen LogP contribution in [0.25, 0.3) is 0 Å². The van der Waals surface area contributed by atoms with Crippen LogP contribution in [0.3, 0.4) is 0 Å². The Hall–Kier alpha value is -1.59. The molecule has 5 heteroatoms. The Morgan fingerprint density at radius 3 is 2.00 bits per heavy atom. The van der Waals surface area contributed by atoms with E-state index >= 15 is 0 Å². The molecule has 1 aromatic carbocycles. The van der Waals surface area contributed by atoms with Gasteiger partial charge in [-0.25, -0.2) is 0 Å². The van der Waals surface area contributed by atoms with Gasteiger partial charge in [0, 0.05) is 31.9 Å². The van der Waals surface area contributed by atoms with E-state index in [4.69, 9.17) is 4.74 Å². The van der Waals surface area contributed by atoms with Crippen LogP contribution in [0.1, 0.15) is 13.8 Å². The normalized spacial score (nSPS) is 14.3. The van der Waals surface area contributed by atoms with Gasteiger partial charge >= 0.3 is 0 Å². The molecule has 0 unspecified atom stereocenters. The molecule has 0 bridgehead atoms. The second kappa shape index (κ2) is 9.35. The molecule has 2 rings (SSSR count). The van der Waals surface area contributed by atoms with Gasteiger partial charge < -0.3 is 20.7 Å². The monoisotopic (exact) mass is 265 g/mol. The highest BCUT2D eigenvalue weighted by atomic mass is 16.5. The van der Waals surface area contributed by atoms with Gasteiger partial charge in [-0.05, 0) is 38.1 Å². The summed E-state index contributed by atoms with van der Waals surface area (Å²) in [4.78, 5) is 10.1. The van der Waals surface area contributed by atoms with Gasteiger partial charge in [-0.2, -0.15) is 0 Å². The van der Waals surface area contributed by atoms with Crippen LogP contribution in [0, 0.1) is 0 Å². The lowest BCUT2D eigenvalue weighted by Crippen LogP contribution is -2.39. The van der Waals surface area contributed by atoms with E-state index in [1.54, 1.807) is 12.1 Å². The number of carbonyl (C=O) groups is 1. The van der Waals surface area contributed by atoms with Crippen LogP contribution in [-0.2, 0) is 4.79 Å². The van der Waals surface area contributed by atoms with E-state index in [1.807, 2.05) is 26.0 Å². The number of rotatable bonds is 4. The maximum atomic E-state index is 10.1. The standard InChI is InChI=1S/C10H13NO2.C4H10N2/c1-8(2)13-10-5-3-9(4-6-10)11-7-12;1-2-6-4-3-5-1/h3-8H,1-2H3,(H,11,12);5-6H,1-4H2. The third-order valence-corrected chi connectivity index (χ3v) is 2.41. The minimum absolute atomic E-state index is 0.171. The summed E-state index contributed by atoms with van der Waals surface area (Å²) in [5.41, 5.74) is 0.770. The molecule has 0 saturated carbocycles. The second-order valence-corrected chi connectivity index (χ2v) is 4.45. The molecule has 0 aromatic heterocycles. The van der Waals surface area contributed by atoms with Crippen molar-refractivity contribution >= 4 is 12.1 Å². The summed E-state index contributed by atoms with van der Waals surface area (Å²) in [6.45, 7) is 8.50. The highest BCUT2D eigenvalue weighted by Gasteiger charge is 1.96. The predicted octanol–water partition coefficient (Wildman–Crippen LogP) is 1.22. The van der Waals surface area contributed by atoms with Gasteiger partial charge in [0.2, 0.25) is 6.41 Å². The van der Waals surface area contributed by atoms with E-state index in [-0.39, 0.29) is 6.10 Å². The molecule has 0 aliphatic carbocycles. The van der Waals surface area contributed by atoms with Gasteiger partial charge in [0.1, 0.15) is 5.75 Å². The number of benzene rings is 1. The smallest absolute Gasteiger partial charge is 0.211 e. The maximum absolute atomic E-state index is 10.1. The SMILES string of the molecule is C1CNCCN1.CC(C)Oc1ccc(NC=O)cc1. The van der Waals surface area contributed by atoms with Gasteiger partial charge in [0.25, 0.3) is 0 Å². The van der Waals surface area contributed by atoms with Gasteiger partial charge in [0.05, 0.1) is 6.10 Å². The van der Waals surface area contributed by atoms with Crippen LogP contribution in [0.5, 0.6) is 5.75 Å². The zero-order chi connectivity index (χ0) is 13.9. The number of piperazine rings is 1. The molecule has 1 aromatic rings. The third-order valence-electron chi connectivity index (χ3n) is 2.41. The molecule has 1 fully saturated rings. The van der Waals surface area contributed by atoms with Crippen LogP contribution >= 0.6 is 0 Å². The fourth-order valence-electron chi connectivity index (χ4n) is 1.57. The Labute approximate surface area is 114 Å². The molecule has 3 N–H and O–H groups in total. The number of ether oxygens (including phenoxy) is 1. The topological polar surface area (TPSA) is 62.4 Å². The number of hydrogen-bond acceptors (Lipinski definition) is 4. The lowest BCUT2D eigenvalue weighted by atomic mass is 10.3. The first-order valence-electron chi connectivity index (χ1n) is 6.60. The largest absolute Gasteiger partial charge is 0.491 e. The Balaban J connectivity index is 0.000000250. The van der Waals surface area contributed by atoms with Crippen molar-refractivity contribution in [3.05, 3.63) is 24.3 Å². The molecular weight excluding hydrogens is 242 g/mol. The van der Waals surface area contributed by atoms with Gasteiger partial charge in [-0.1, -0.05) is 0 Å². The first-order valence-corrected chi connectivity index (χ1v) is 6.60. The van der Waals surface area contributed by atoms with E-state index in [2.05, 4.69) is 16.0 Å². The Bertz CT molecular complexity index is 337. The maximum Gasteiger partial charge on any atom is 0.211 e. The molecular formula is C14H23N3O2. The van der Waals surface area contributed by atoms with Crippen LogP contribution in [0.2, 0.25) is 0 Å². The molecule has 0 spiro atoms. The summed E-state index contributed by atoms with van der Waals surface area (Å²) in [5.74, 6) is 0.812. The van der Waals surface area contributed by atoms with Crippen molar-refractivity contribution < 1.29 is 9.53 Å². The van der Waals surface area contributed by atoms with Crippen molar-refractivity contribution in [3.8, 4) is 5.75 Å². The fraction of sp³-hybridized carbons (Fsp3) is 0.500. The van der Waals surface area contributed by atoms with E-state index in [0.717, 1.165) is 37.6 Å². The molecule has 1 aliphatic rings. The minimum Gasteiger partial charge on any atom is -0.491 e. The van der Waals surface area contributed by atoms with E-state index in [1.165, 1.54) is 0 Å². The number of hydrogen-bond donors (Lipinski definition) is 3. The van der Waals surface area contributed by atoms with Crippen LogP contribution in [0.4, 0.5) is 5.69 Å². The zero-order valence-corrected chi connectivity index (χ0v) is 11.6. The first-order chi connectivity index (χ1) is 9.22. The van der Waals surface area contributed by atoms with Crippen molar-refractivity contribution in [1.82, 2.24) is 10.6 Å². The highest BCUT2D eigenvalue weighted by Crippen LogP contribution is 2.16. The van der Waals surface area contributed by atoms with Gasteiger partial charge in [-0.15, -0.1) is 0 Å². The van der Waals surface area contributed by atoms with Gasteiger partial charge in [0.15, 0.2) is 0 Å². The molecule has 1 amide bonds. The first kappa shape index (κ1) is 15.5. The second-order valence-electron chi connectivity index (χ2n) is 4.45. The van der Waals surface area contributed by atoms with Crippen LogP contribution in [-0.4, -0.2) is 38.7 Å². The van der Waals surface area contributed by atoms with Crippen molar-refractivity contribution in [3.63, 3.8) is 0 Å².